The molecule has 3 aromatic carbocycles. The molecule has 1 atom stereocenters. The Morgan fingerprint density at radius 3 is 2.44 bits per heavy atom. The molecular formula is C25H16ClN3O6S. The van der Waals surface area contributed by atoms with Gasteiger partial charge in [0.25, 0.3) is 11.5 Å². The topological polar surface area (TPSA) is 123 Å². The van der Waals surface area contributed by atoms with Crippen molar-refractivity contribution in [2.75, 3.05) is 12.0 Å². The van der Waals surface area contributed by atoms with Gasteiger partial charge >= 0.3 is 5.91 Å². The molecule has 1 unspecified atom stereocenters. The first-order valence-electron chi connectivity index (χ1n) is 10.5. The summed E-state index contributed by atoms with van der Waals surface area (Å²) in [5, 5.41) is 23.0. The normalized spacial score (nSPS) is 17.1. The van der Waals surface area contributed by atoms with Gasteiger partial charge in [-0.1, -0.05) is 22.9 Å². The molecule has 0 bridgehead atoms. The number of aliphatic hydroxyl groups is 1. The van der Waals surface area contributed by atoms with E-state index in [2.05, 4.69) is 4.98 Å². The molecular weight excluding hydrogens is 506 g/mol. The van der Waals surface area contributed by atoms with Gasteiger partial charge in [0.2, 0.25) is 0 Å². The number of hydrogen-bond acceptors (Lipinski definition) is 8. The van der Waals surface area contributed by atoms with Crippen LogP contribution in [0.5, 0.6) is 5.75 Å². The highest BCUT2D eigenvalue weighted by Gasteiger charge is 2.48. The molecule has 4 aromatic rings. The van der Waals surface area contributed by atoms with Gasteiger partial charge in [-0.05, 0) is 60.2 Å². The van der Waals surface area contributed by atoms with Crippen LogP contribution in [0, 0.1) is 10.1 Å². The number of non-ortho nitro benzene ring substituents is 1. The van der Waals surface area contributed by atoms with Gasteiger partial charge in [-0.3, -0.25) is 24.6 Å². The second-order valence-electron chi connectivity index (χ2n) is 7.85. The number of ether oxygens (including phenoxy) is 1. The summed E-state index contributed by atoms with van der Waals surface area (Å²) in [6, 6.07) is 15.8. The maximum atomic E-state index is 13.3. The molecule has 0 saturated carbocycles. The van der Waals surface area contributed by atoms with E-state index in [-0.39, 0.29) is 16.4 Å². The van der Waals surface area contributed by atoms with Crippen molar-refractivity contribution in [1.82, 2.24) is 4.98 Å². The predicted molar refractivity (Wildman–Crippen MR) is 136 cm³/mol. The highest BCUT2D eigenvalue weighted by molar-refractivity contribution is 7.22. The van der Waals surface area contributed by atoms with Crippen LogP contribution < -0.4 is 9.64 Å². The standard InChI is InChI=1S/C25H16ClN3O6S/c1-35-17-10-11-18-19(12-17)36-25(27-18)28-21(13-4-8-16(9-5-13)29(33)34)20(23(31)24(28)32)22(30)14-2-6-15(26)7-3-14/h2-12,21,30H,1H3/b22-20+. The lowest BCUT2D eigenvalue weighted by atomic mass is 9.95. The lowest BCUT2D eigenvalue weighted by Crippen LogP contribution is -2.29. The van der Waals surface area contributed by atoms with Crippen LogP contribution in [0.15, 0.2) is 72.3 Å². The molecule has 11 heteroatoms. The number of nitro benzene ring substituents is 1. The number of amides is 1. The molecule has 1 amide bonds. The molecule has 0 aliphatic carbocycles. The average molecular weight is 522 g/mol. The van der Waals surface area contributed by atoms with Crippen molar-refractivity contribution in [3.05, 3.63) is 98.6 Å². The number of methoxy groups -OCH3 is 1. The fourth-order valence-electron chi connectivity index (χ4n) is 4.01. The van der Waals surface area contributed by atoms with Crippen LogP contribution >= 0.6 is 22.9 Å². The second-order valence-corrected chi connectivity index (χ2v) is 9.30. The van der Waals surface area contributed by atoms with Crippen LogP contribution in [0.2, 0.25) is 5.02 Å². The highest BCUT2D eigenvalue weighted by atomic mass is 35.5. The Labute approximate surface area is 213 Å². The van der Waals surface area contributed by atoms with Crippen LogP contribution in [-0.4, -0.2) is 33.8 Å². The number of benzene rings is 3. The Hall–Kier alpha value is -4.28. The van der Waals surface area contributed by atoms with Crippen LogP contribution in [0.4, 0.5) is 10.8 Å². The number of halogens is 1. The van der Waals surface area contributed by atoms with Crippen molar-refractivity contribution in [3.63, 3.8) is 0 Å². The van der Waals surface area contributed by atoms with E-state index in [1.807, 2.05) is 0 Å². The summed E-state index contributed by atoms with van der Waals surface area (Å²) < 4.78 is 5.99. The Bertz CT molecular complexity index is 1560. The van der Waals surface area contributed by atoms with Crippen LogP contribution in [0.25, 0.3) is 16.0 Å². The van der Waals surface area contributed by atoms with Gasteiger partial charge in [0.1, 0.15) is 11.5 Å². The van der Waals surface area contributed by atoms with Crippen LogP contribution in [0.1, 0.15) is 17.2 Å². The van der Waals surface area contributed by atoms with Gasteiger partial charge in [-0.15, -0.1) is 0 Å². The van der Waals surface area contributed by atoms with Crippen molar-refractivity contribution >= 4 is 61.4 Å². The monoisotopic (exact) mass is 521 g/mol. The fourth-order valence-corrected chi connectivity index (χ4v) is 5.16. The Morgan fingerprint density at radius 1 is 1.11 bits per heavy atom. The first-order chi connectivity index (χ1) is 17.3. The van der Waals surface area contributed by atoms with Gasteiger partial charge in [-0.2, -0.15) is 0 Å². The average Bonchev–Trinajstić information content (AvgIpc) is 3.41. The number of aliphatic hydroxyl groups excluding tert-OH is 1. The molecule has 0 spiro atoms. The third-order valence-corrected chi connectivity index (χ3v) is 7.04. The van der Waals surface area contributed by atoms with Gasteiger partial charge in [-0.25, -0.2) is 4.98 Å². The first kappa shape index (κ1) is 23.5. The first-order valence-corrected chi connectivity index (χ1v) is 11.7. The predicted octanol–water partition coefficient (Wildman–Crippen LogP) is 5.49. The van der Waals surface area contributed by atoms with Crippen LogP contribution in [0.3, 0.4) is 0 Å². The SMILES string of the molecule is COc1ccc2nc(N3C(=O)C(=O)/C(=C(/O)c4ccc(Cl)cc4)C3c3ccc([N+](=O)[O-])cc3)sc2c1. The highest BCUT2D eigenvalue weighted by Crippen LogP contribution is 2.45. The quantitative estimate of drug-likeness (QED) is 0.121. The van der Waals surface area contributed by atoms with E-state index >= 15 is 0 Å². The van der Waals surface area contributed by atoms with Gasteiger partial charge in [0, 0.05) is 22.7 Å². The molecule has 2 heterocycles. The minimum Gasteiger partial charge on any atom is -0.507 e. The van der Waals surface area contributed by atoms with Gasteiger partial charge in [0.15, 0.2) is 5.13 Å². The summed E-state index contributed by atoms with van der Waals surface area (Å²) in [6.45, 7) is 0. The zero-order valence-corrected chi connectivity index (χ0v) is 20.1. The minimum atomic E-state index is -1.07. The maximum absolute atomic E-state index is 13.3. The Balaban J connectivity index is 1.71. The molecule has 1 aliphatic heterocycles. The molecule has 5 rings (SSSR count). The zero-order valence-electron chi connectivity index (χ0n) is 18.5. The number of fused-ring (bicyclic) bond motifs is 1. The molecule has 36 heavy (non-hydrogen) atoms. The van der Waals surface area contributed by atoms with Crippen LogP contribution in [-0.2, 0) is 9.59 Å². The number of thiazole rings is 1. The van der Waals surface area contributed by atoms with Crippen molar-refractivity contribution in [3.8, 4) is 5.75 Å². The zero-order chi connectivity index (χ0) is 25.6. The van der Waals surface area contributed by atoms with E-state index in [0.29, 0.717) is 27.4 Å². The number of nitro groups is 1. The number of aromatic nitrogens is 1. The molecule has 180 valence electrons. The number of ketones is 1. The summed E-state index contributed by atoms with van der Waals surface area (Å²) in [4.78, 5) is 42.9. The summed E-state index contributed by atoms with van der Waals surface area (Å²) in [7, 11) is 1.53. The van der Waals surface area contributed by atoms with Crippen molar-refractivity contribution in [1.29, 1.82) is 0 Å². The summed E-state index contributed by atoms with van der Waals surface area (Å²) in [5.41, 5.74) is 0.969. The fraction of sp³-hybridized carbons (Fsp3) is 0.0800. The summed E-state index contributed by atoms with van der Waals surface area (Å²) >= 11 is 7.14. The number of carbonyl (C=O) groups excluding carboxylic acids is 2. The van der Waals surface area contributed by atoms with Crippen molar-refractivity contribution in [2.24, 2.45) is 0 Å². The molecule has 0 radical (unpaired) electrons. The van der Waals surface area contributed by atoms with Crippen molar-refractivity contribution < 1.29 is 24.4 Å². The van der Waals surface area contributed by atoms with E-state index in [1.165, 1.54) is 59.7 Å². The molecule has 1 aromatic heterocycles. The third kappa shape index (κ3) is 3.96. The largest absolute Gasteiger partial charge is 0.507 e. The number of carbonyl (C=O) groups is 2. The number of hydrogen-bond donors (Lipinski definition) is 1. The lowest BCUT2D eigenvalue weighted by molar-refractivity contribution is -0.384. The van der Waals surface area contributed by atoms with Gasteiger partial charge in [0.05, 0.1) is 33.9 Å². The number of nitrogens with zero attached hydrogens (tertiary/aromatic N) is 3. The molecule has 9 nitrogen and oxygen atoms in total. The number of rotatable bonds is 5. The second kappa shape index (κ2) is 9.06. The van der Waals surface area contributed by atoms with E-state index in [0.717, 1.165) is 4.70 Å². The number of Topliss-reactive ketones (excluding diaryl/α,β-unsaturated/α-hetero) is 1. The van der Waals surface area contributed by atoms with Crippen molar-refractivity contribution in [2.45, 2.75) is 6.04 Å². The van der Waals surface area contributed by atoms with E-state index in [9.17, 15) is 24.8 Å². The molecule has 1 N–H and O–H groups in total. The van der Waals surface area contributed by atoms with E-state index in [1.54, 1.807) is 30.3 Å². The van der Waals surface area contributed by atoms with Gasteiger partial charge < -0.3 is 9.84 Å². The minimum absolute atomic E-state index is 0.152. The van der Waals surface area contributed by atoms with E-state index < -0.39 is 28.4 Å². The molecule has 1 fully saturated rings. The Morgan fingerprint density at radius 2 is 1.81 bits per heavy atom. The molecule has 1 saturated heterocycles. The Kier molecular flexibility index (Phi) is 5.91. The maximum Gasteiger partial charge on any atom is 0.301 e. The van der Waals surface area contributed by atoms with E-state index in [4.69, 9.17) is 16.3 Å². The molecule has 1 aliphatic rings. The summed E-state index contributed by atoms with van der Waals surface area (Å²) in [6.07, 6.45) is 0. The number of anilines is 1. The third-order valence-electron chi connectivity index (χ3n) is 5.77. The smallest absolute Gasteiger partial charge is 0.301 e. The lowest BCUT2D eigenvalue weighted by Gasteiger charge is -2.22. The summed E-state index contributed by atoms with van der Waals surface area (Å²) in [5.74, 6) is -1.56.